The number of hydrogen-bond donors (Lipinski definition) is 1. The van der Waals surface area contributed by atoms with Crippen molar-refractivity contribution in [1.82, 2.24) is 5.32 Å². The largest absolute Gasteiger partial charge is 0.363 e. The zero-order chi connectivity index (χ0) is 14.0. The van der Waals surface area contributed by atoms with E-state index in [4.69, 9.17) is 0 Å². The summed E-state index contributed by atoms with van der Waals surface area (Å²) in [5.74, 6) is -0.345. The van der Waals surface area contributed by atoms with E-state index in [9.17, 15) is 8.78 Å². The molecule has 2 nitrogen and oxygen atoms in total. The van der Waals surface area contributed by atoms with Crippen LogP contribution in [0.1, 0.15) is 27.2 Å². The van der Waals surface area contributed by atoms with Crippen molar-refractivity contribution in [3.8, 4) is 0 Å². The maximum absolute atomic E-state index is 14.0. The maximum atomic E-state index is 14.0. The minimum Gasteiger partial charge on any atom is -0.363 e. The molecule has 1 N–H and O–H groups in total. The topological polar surface area (TPSA) is 15.3 Å². The Morgan fingerprint density at radius 2 is 2.11 bits per heavy atom. The zero-order valence-corrected chi connectivity index (χ0v) is 11.8. The van der Waals surface area contributed by atoms with Crippen molar-refractivity contribution in [1.29, 1.82) is 0 Å². The number of nitrogens with zero attached hydrogens (tertiary/aromatic N) is 1. The van der Waals surface area contributed by atoms with Crippen LogP contribution in [-0.4, -0.2) is 25.2 Å². The summed E-state index contributed by atoms with van der Waals surface area (Å²) in [5.41, 5.74) is 0.388. The van der Waals surface area contributed by atoms with Gasteiger partial charge in [-0.15, -0.1) is 0 Å². The fourth-order valence-corrected chi connectivity index (χ4v) is 2.69. The van der Waals surface area contributed by atoms with Crippen molar-refractivity contribution in [3.63, 3.8) is 0 Å². The first-order valence-corrected chi connectivity index (χ1v) is 6.98. The molecule has 1 aliphatic rings. The molecule has 1 aromatic carbocycles. The molecule has 0 saturated carbocycles. The van der Waals surface area contributed by atoms with Crippen molar-refractivity contribution >= 4 is 5.69 Å². The molecule has 2 atom stereocenters. The summed E-state index contributed by atoms with van der Waals surface area (Å²) in [6, 6.07) is 4.22. The third-order valence-electron chi connectivity index (χ3n) is 3.91. The summed E-state index contributed by atoms with van der Waals surface area (Å²) in [4.78, 5) is 2.02. The highest BCUT2D eigenvalue weighted by molar-refractivity contribution is 5.50. The second kappa shape index (κ2) is 5.87. The summed E-state index contributed by atoms with van der Waals surface area (Å²) in [6.45, 7) is 7.87. The monoisotopic (exact) mass is 268 g/mol. The van der Waals surface area contributed by atoms with Gasteiger partial charge in [-0.25, -0.2) is 8.78 Å². The van der Waals surface area contributed by atoms with Crippen molar-refractivity contribution in [3.05, 3.63) is 29.8 Å². The van der Waals surface area contributed by atoms with Crippen LogP contribution in [0.15, 0.2) is 18.2 Å². The Morgan fingerprint density at radius 1 is 1.37 bits per heavy atom. The third-order valence-corrected chi connectivity index (χ3v) is 3.91. The van der Waals surface area contributed by atoms with Crippen LogP contribution in [0.2, 0.25) is 0 Å². The number of benzene rings is 1. The normalized spacial score (nSPS) is 24.0. The van der Waals surface area contributed by atoms with Crippen LogP contribution in [0.4, 0.5) is 14.5 Å². The molecule has 2 rings (SSSR count). The van der Waals surface area contributed by atoms with Crippen molar-refractivity contribution < 1.29 is 8.78 Å². The highest BCUT2D eigenvalue weighted by Gasteiger charge is 2.30. The van der Waals surface area contributed by atoms with Gasteiger partial charge in [-0.3, -0.25) is 0 Å². The van der Waals surface area contributed by atoms with Gasteiger partial charge >= 0.3 is 0 Å². The molecule has 0 radical (unpaired) electrons. The third kappa shape index (κ3) is 3.06. The molecule has 0 aromatic heterocycles. The molecular formula is C15H22F2N2. The standard InChI is InChI=1S/C15H22F2N2/c1-4-12-9-19(15(8-18-12)10(2)3)14-7-11(16)5-6-13(14)17/h5-7,10,12,15,18H,4,8-9H2,1-3H3. The lowest BCUT2D eigenvalue weighted by molar-refractivity contribution is 0.330. The molecule has 0 bridgehead atoms. The SMILES string of the molecule is CCC1CN(c2cc(F)ccc2F)C(C(C)C)CN1. The molecular weight excluding hydrogens is 246 g/mol. The maximum Gasteiger partial charge on any atom is 0.146 e. The van der Waals surface area contributed by atoms with Gasteiger partial charge in [-0.05, 0) is 24.5 Å². The lowest BCUT2D eigenvalue weighted by Crippen LogP contribution is -2.58. The summed E-state index contributed by atoms with van der Waals surface area (Å²) < 4.78 is 27.4. The Hall–Kier alpha value is -1.16. The van der Waals surface area contributed by atoms with Gasteiger partial charge in [0, 0.05) is 31.2 Å². The minimum atomic E-state index is -0.384. The molecule has 1 heterocycles. The summed E-state index contributed by atoms with van der Waals surface area (Å²) in [6.07, 6.45) is 0.984. The molecule has 0 spiro atoms. The van der Waals surface area contributed by atoms with Crippen molar-refractivity contribution in [2.75, 3.05) is 18.0 Å². The summed E-state index contributed by atoms with van der Waals surface area (Å²) in [5, 5.41) is 3.48. The highest BCUT2D eigenvalue weighted by atomic mass is 19.1. The van der Waals surface area contributed by atoms with E-state index >= 15 is 0 Å². The first-order valence-electron chi connectivity index (χ1n) is 6.98. The molecule has 1 saturated heterocycles. The van der Waals surface area contributed by atoms with Gasteiger partial charge in [0.1, 0.15) is 11.6 Å². The Kier molecular flexibility index (Phi) is 4.40. The Labute approximate surface area is 113 Å². The van der Waals surface area contributed by atoms with Gasteiger partial charge in [0.15, 0.2) is 0 Å². The summed E-state index contributed by atoms with van der Waals surface area (Å²) in [7, 11) is 0. The fourth-order valence-electron chi connectivity index (χ4n) is 2.69. The lowest BCUT2D eigenvalue weighted by Gasteiger charge is -2.43. The van der Waals surface area contributed by atoms with Crippen LogP contribution < -0.4 is 10.2 Å². The number of piperazine rings is 1. The van der Waals surface area contributed by atoms with Gasteiger partial charge in [0.2, 0.25) is 0 Å². The lowest BCUT2D eigenvalue weighted by atomic mass is 9.96. The Balaban J connectivity index is 2.33. The van der Waals surface area contributed by atoms with Crippen molar-refractivity contribution in [2.24, 2.45) is 5.92 Å². The van der Waals surface area contributed by atoms with E-state index in [1.54, 1.807) is 0 Å². The van der Waals surface area contributed by atoms with Crippen LogP contribution in [0.5, 0.6) is 0 Å². The van der Waals surface area contributed by atoms with Crippen LogP contribution >= 0.6 is 0 Å². The van der Waals surface area contributed by atoms with Crippen LogP contribution in [-0.2, 0) is 0 Å². The Morgan fingerprint density at radius 3 is 2.74 bits per heavy atom. The second-order valence-electron chi connectivity index (χ2n) is 5.57. The van der Waals surface area contributed by atoms with E-state index in [1.165, 1.54) is 18.2 Å². The van der Waals surface area contributed by atoms with Gasteiger partial charge < -0.3 is 10.2 Å². The van der Waals surface area contributed by atoms with Gasteiger partial charge in [0.25, 0.3) is 0 Å². The van der Waals surface area contributed by atoms with E-state index in [1.807, 2.05) is 4.90 Å². The molecule has 0 amide bonds. The fraction of sp³-hybridized carbons (Fsp3) is 0.600. The Bertz CT molecular complexity index is 434. The van der Waals surface area contributed by atoms with E-state index in [-0.39, 0.29) is 17.7 Å². The zero-order valence-electron chi connectivity index (χ0n) is 11.8. The van der Waals surface area contributed by atoms with Crippen LogP contribution in [0.25, 0.3) is 0 Å². The smallest absolute Gasteiger partial charge is 0.146 e. The molecule has 4 heteroatoms. The first-order chi connectivity index (χ1) is 9.02. The van der Waals surface area contributed by atoms with Crippen molar-refractivity contribution in [2.45, 2.75) is 39.3 Å². The molecule has 1 aromatic rings. The van der Waals surface area contributed by atoms with E-state index in [2.05, 4.69) is 26.1 Å². The molecule has 0 aliphatic carbocycles. The van der Waals surface area contributed by atoms with E-state index in [0.717, 1.165) is 19.5 Å². The number of rotatable bonds is 3. The number of anilines is 1. The first kappa shape index (κ1) is 14.3. The quantitative estimate of drug-likeness (QED) is 0.905. The van der Waals surface area contributed by atoms with Gasteiger partial charge in [0.05, 0.1) is 5.69 Å². The van der Waals surface area contributed by atoms with Crippen LogP contribution in [0.3, 0.4) is 0 Å². The number of nitrogens with one attached hydrogen (secondary N) is 1. The average molecular weight is 268 g/mol. The van der Waals surface area contributed by atoms with Gasteiger partial charge in [-0.1, -0.05) is 20.8 Å². The molecule has 2 unspecified atom stereocenters. The molecule has 19 heavy (non-hydrogen) atoms. The van der Waals surface area contributed by atoms with E-state index < -0.39 is 0 Å². The highest BCUT2D eigenvalue weighted by Crippen LogP contribution is 2.27. The predicted molar refractivity (Wildman–Crippen MR) is 74.4 cm³/mol. The van der Waals surface area contributed by atoms with E-state index in [0.29, 0.717) is 17.6 Å². The molecule has 1 fully saturated rings. The van der Waals surface area contributed by atoms with Crippen LogP contribution in [0, 0.1) is 17.6 Å². The average Bonchev–Trinajstić information content (AvgIpc) is 2.40. The summed E-state index contributed by atoms with van der Waals surface area (Å²) >= 11 is 0. The molecule has 106 valence electrons. The van der Waals surface area contributed by atoms with Gasteiger partial charge in [-0.2, -0.15) is 0 Å². The number of halogens is 2. The minimum absolute atomic E-state index is 0.194. The number of hydrogen-bond acceptors (Lipinski definition) is 2. The predicted octanol–water partition coefficient (Wildman–Crippen LogP) is 3.18. The molecule has 1 aliphatic heterocycles. The second-order valence-corrected chi connectivity index (χ2v) is 5.57.